The largest absolute Gasteiger partial charge is 0.352 e. The Morgan fingerprint density at radius 3 is 2.48 bits per heavy atom. The van der Waals surface area contributed by atoms with E-state index in [1.807, 2.05) is 30.3 Å². The van der Waals surface area contributed by atoms with Crippen molar-refractivity contribution in [2.45, 2.75) is 31.2 Å². The lowest BCUT2D eigenvalue weighted by atomic mass is 9.74. The first-order valence-electron chi connectivity index (χ1n) is 7.17. The van der Waals surface area contributed by atoms with Gasteiger partial charge in [0.2, 0.25) is 5.91 Å². The van der Waals surface area contributed by atoms with E-state index in [-0.39, 0.29) is 17.4 Å². The maximum atomic E-state index is 12.0. The van der Waals surface area contributed by atoms with Crippen molar-refractivity contribution in [2.75, 3.05) is 0 Å². The molecule has 21 heavy (non-hydrogen) atoms. The van der Waals surface area contributed by atoms with Gasteiger partial charge >= 0.3 is 0 Å². The van der Waals surface area contributed by atoms with E-state index >= 15 is 0 Å². The minimum Gasteiger partial charge on any atom is -0.352 e. The van der Waals surface area contributed by atoms with E-state index in [4.69, 9.17) is 0 Å². The molecule has 108 valence electrons. The summed E-state index contributed by atoms with van der Waals surface area (Å²) in [6.07, 6.45) is 1.41. The first kappa shape index (κ1) is 14.3. The van der Waals surface area contributed by atoms with Crippen LogP contribution in [0.15, 0.2) is 59.1 Å². The normalized spacial score (nSPS) is 24.9. The van der Waals surface area contributed by atoms with Crippen LogP contribution in [0.5, 0.6) is 0 Å². The second kappa shape index (κ2) is 5.64. The molecule has 1 aliphatic rings. The standard InChI is InChI=1S/C18H18BrNO/c1-18(14-7-9-15(19)10-8-14)12-17(21)20-16(18)11-13-5-3-2-4-6-13/h2-10,16H,11-12H2,1H3,(H,20,21). The minimum absolute atomic E-state index is 0.133. The molecule has 0 aromatic heterocycles. The number of amides is 1. The highest BCUT2D eigenvalue weighted by Gasteiger charge is 2.44. The fourth-order valence-corrected chi connectivity index (χ4v) is 3.39. The Kier molecular flexibility index (Phi) is 3.85. The molecule has 1 fully saturated rings. The second-order valence-corrected chi connectivity index (χ2v) is 6.83. The topological polar surface area (TPSA) is 29.1 Å². The van der Waals surface area contributed by atoms with Gasteiger partial charge in [-0.15, -0.1) is 0 Å². The zero-order valence-electron chi connectivity index (χ0n) is 12.0. The molecule has 1 aliphatic heterocycles. The molecular formula is C18H18BrNO. The summed E-state index contributed by atoms with van der Waals surface area (Å²) in [5.74, 6) is 0.140. The van der Waals surface area contributed by atoms with Crippen molar-refractivity contribution in [3.8, 4) is 0 Å². The molecule has 0 bridgehead atoms. The molecule has 1 heterocycles. The van der Waals surface area contributed by atoms with Crippen LogP contribution < -0.4 is 5.32 Å². The van der Waals surface area contributed by atoms with E-state index in [1.54, 1.807) is 0 Å². The Hall–Kier alpha value is -1.61. The lowest BCUT2D eigenvalue weighted by molar-refractivity contribution is -0.119. The summed E-state index contributed by atoms with van der Waals surface area (Å²) >= 11 is 3.47. The molecule has 0 spiro atoms. The van der Waals surface area contributed by atoms with Crippen LogP contribution in [-0.2, 0) is 16.6 Å². The lowest BCUT2D eigenvalue weighted by Crippen LogP contribution is -2.40. The Labute approximate surface area is 133 Å². The SMILES string of the molecule is CC1(c2ccc(Br)cc2)CC(=O)NC1Cc1ccccc1. The van der Waals surface area contributed by atoms with E-state index < -0.39 is 0 Å². The predicted molar refractivity (Wildman–Crippen MR) is 88.2 cm³/mol. The highest BCUT2D eigenvalue weighted by Crippen LogP contribution is 2.37. The molecule has 0 radical (unpaired) electrons. The zero-order chi connectivity index (χ0) is 14.9. The van der Waals surface area contributed by atoms with Gasteiger partial charge in [-0.2, -0.15) is 0 Å². The van der Waals surface area contributed by atoms with Crippen molar-refractivity contribution in [1.29, 1.82) is 0 Å². The molecule has 3 rings (SSSR count). The Morgan fingerprint density at radius 1 is 1.14 bits per heavy atom. The molecular weight excluding hydrogens is 326 g/mol. The number of hydrogen-bond donors (Lipinski definition) is 1. The fraction of sp³-hybridized carbons (Fsp3) is 0.278. The average Bonchev–Trinajstić information content (AvgIpc) is 2.76. The van der Waals surface area contributed by atoms with Gasteiger partial charge in [-0.05, 0) is 29.7 Å². The summed E-state index contributed by atoms with van der Waals surface area (Å²) < 4.78 is 1.06. The van der Waals surface area contributed by atoms with Crippen molar-refractivity contribution in [2.24, 2.45) is 0 Å². The number of hydrogen-bond acceptors (Lipinski definition) is 1. The zero-order valence-corrected chi connectivity index (χ0v) is 13.6. The third-order valence-electron chi connectivity index (χ3n) is 4.42. The van der Waals surface area contributed by atoms with Crippen LogP contribution in [0.25, 0.3) is 0 Å². The highest BCUT2D eigenvalue weighted by atomic mass is 79.9. The number of carbonyl (C=O) groups is 1. The third-order valence-corrected chi connectivity index (χ3v) is 4.95. The Morgan fingerprint density at radius 2 is 1.81 bits per heavy atom. The molecule has 2 aromatic rings. The van der Waals surface area contributed by atoms with E-state index in [2.05, 4.69) is 52.4 Å². The molecule has 2 aromatic carbocycles. The molecule has 0 aliphatic carbocycles. The number of halogens is 1. The van der Waals surface area contributed by atoms with Crippen LogP contribution in [0.2, 0.25) is 0 Å². The maximum Gasteiger partial charge on any atom is 0.221 e. The molecule has 2 nitrogen and oxygen atoms in total. The summed E-state index contributed by atoms with van der Waals surface area (Å²) in [6, 6.07) is 18.8. The molecule has 3 heteroatoms. The van der Waals surface area contributed by atoms with Crippen LogP contribution >= 0.6 is 15.9 Å². The molecule has 0 saturated carbocycles. The van der Waals surface area contributed by atoms with Gasteiger partial charge in [0.15, 0.2) is 0 Å². The molecule has 1 N–H and O–H groups in total. The van der Waals surface area contributed by atoms with Crippen molar-refractivity contribution in [1.82, 2.24) is 5.32 Å². The van der Waals surface area contributed by atoms with Crippen molar-refractivity contribution in [3.05, 3.63) is 70.2 Å². The molecule has 1 amide bonds. The first-order chi connectivity index (χ1) is 10.1. The monoisotopic (exact) mass is 343 g/mol. The van der Waals surface area contributed by atoms with E-state index in [9.17, 15) is 4.79 Å². The van der Waals surface area contributed by atoms with Crippen LogP contribution in [0, 0.1) is 0 Å². The summed E-state index contributed by atoms with van der Waals surface area (Å²) in [7, 11) is 0. The summed E-state index contributed by atoms with van der Waals surface area (Å²) in [6.45, 7) is 2.18. The van der Waals surface area contributed by atoms with E-state index in [0.29, 0.717) is 6.42 Å². The van der Waals surface area contributed by atoms with Crippen LogP contribution in [0.3, 0.4) is 0 Å². The van der Waals surface area contributed by atoms with Gasteiger partial charge in [-0.25, -0.2) is 0 Å². The van der Waals surface area contributed by atoms with Gasteiger partial charge < -0.3 is 5.32 Å². The van der Waals surface area contributed by atoms with Gasteiger partial charge in [0, 0.05) is 22.4 Å². The molecule has 1 saturated heterocycles. The lowest BCUT2D eigenvalue weighted by Gasteiger charge is -2.31. The molecule has 2 unspecified atom stereocenters. The van der Waals surface area contributed by atoms with Gasteiger partial charge in [0.25, 0.3) is 0 Å². The third kappa shape index (κ3) is 2.88. The van der Waals surface area contributed by atoms with Gasteiger partial charge in [-0.3, -0.25) is 4.79 Å². The number of benzene rings is 2. The molecule has 2 atom stereocenters. The second-order valence-electron chi connectivity index (χ2n) is 5.91. The summed E-state index contributed by atoms with van der Waals surface area (Å²) in [5.41, 5.74) is 2.31. The van der Waals surface area contributed by atoms with E-state index in [0.717, 1.165) is 10.9 Å². The van der Waals surface area contributed by atoms with Gasteiger partial charge in [0.05, 0.1) is 0 Å². The first-order valence-corrected chi connectivity index (χ1v) is 7.96. The summed E-state index contributed by atoms with van der Waals surface area (Å²) in [4.78, 5) is 12.0. The number of nitrogens with one attached hydrogen (secondary N) is 1. The quantitative estimate of drug-likeness (QED) is 0.901. The number of rotatable bonds is 3. The Balaban J connectivity index is 1.91. The van der Waals surface area contributed by atoms with Crippen LogP contribution in [0.1, 0.15) is 24.5 Å². The van der Waals surface area contributed by atoms with Gasteiger partial charge in [0.1, 0.15) is 0 Å². The number of carbonyl (C=O) groups excluding carboxylic acids is 1. The maximum absolute atomic E-state index is 12.0. The van der Waals surface area contributed by atoms with Crippen LogP contribution in [0.4, 0.5) is 0 Å². The summed E-state index contributed by atoms with van der Waals surface area (Å²) in [5, 5.41) is 3.16. The smallest absolute Gasteiger partial charge is 0.221 e. The highest BCUT2D eigenvalue weighted by molar-refractivity contribution is 9.10. The van der Waals surface area contributed by atoms with Gasteiger partial charge in [-0.1, -0.05) is 65.3 Å². The van der Waals surface area contributed by atoms with Crippen molar-refractivity contribution in [3.63, 3.8) is 0 Å². The minimum atomic E-state index is -0.159. The van der Waals surface area contributed by atoms with Crippen molar-refractivity contribution < 1.29 is 4.79 Å². The van der Waals surface area contributed by atoms with Crippen molar-refractivity contribution >= 4 is 21.8 Å². The average molecular weight is 344 g/mol. The van der Waals surface area contributed by atoms with E-state index in [1.165, 1.54) is 11.1 Å². The van der Waals surface area contributed by atoms with Crippen LogP contribution in [-0.4, -0.2) is 11.9 Å². The predicted octanol–water partition coefficient (Wildman–Crippen LogP) is 3.84. The Bertz CT molecular complexity index is 638. The fourth-order valence-electron chi connectivity index (χ4n) is 3.12.